The molecule has 2 aromatic rings. The van der Waals surface area contributed by atoms with Crippen LogP contribution in [-0.2, 0) is 0 Å². The number of carbonyl (C=O) groups excluding carboxylic acids is 1. The van der Waals surface area contributed by atoms with Gasteiger partial charge in [0.05, 0.1) is 11.8 Å². The Bertz CT molecular complexity index is 536. The summed E-state index contributed by atoms with van der Waals surface area (Å²) in [5, 5.41) is 11.8. The van der Waals surface area contributed by atoms with Crippen LogP contribution in [0, 0.1) is 0 Å². The molecule has 0 radical (unpaired) electrons. The Morgan fingerprint density at radius 2 is 2.00 bits per heavy atom. The minimum Gasteiger partial charge on any atom is -0.392 e. The molecule has 2 rings (SSSR count). The van der Waals surface area contributed by atoms with E-state index >= 15 is 0 Å². The van der Waals surface area contributed by atoms with Crippen molar-refractivity contribution in [2.24, 2.45) is 0 Å². The van der Waals surface area contributed by atoms with Gasteiger partial charge in [0.2, 0.25) is 0 Å². The van der Waals surface area contributed by atoms with Crippen LogP contribution in [0.25, 0.3) is 11.3 Å². The Morgan fingerprint density at radius 3 is 2.58 bits per heavy atom. The van der Waals surface area contributed by atoms with E-state index in [2.05, 4.69) is 10.3 Å². The second-order valence-electron chi connectivity index (χ2n) is 4.35. The van der Waals surface area contributed by atoms with Crippen LogP contribution in [0.3, 0.4) is 0 Å². The Balaban J connectivity index is 2.08. The van der Waals surface area contributed by atoms with Gasteiger partial charge in [-0.3, -0.25) is 9.78 Å². The smallest absolute Gasteiger partial charge is 0.251 e. The SMILES string of the molecule is CC(O)CNC(=O)c1ccc(-c2ccccn2)cc1. The molecule has 1 amide bonds. The van der Waals surface area contributed by atoms with Crippen molar-refractivity contribution in [3.8, 4) is 11.3 Å². The zero-order valence-electron chi connectivity index (χ0n) is 10.7. The number of pyridine rings is 1. The number of carbonyl (C=O) groups is 1. The fraction of sp³-hybridized carbons (Fsp3) is 0.200. The van der Waals surface area contributed by atoms with Crippen LogP contribution in [-0.4, -0.2) is 28.6 Å². The number of amides is 1. The Hall–Kier alpha value is -2.20. The fourth-order valence-electron chi connectivity index (χ4n) is 1.67. The maximum absolute atomic E-state index is 11.8. The molecule has 0 saturated carbocycles. The van der Waals surface area contributed by atoms with Crippen LogP contribution >= 0.6 is 0 Å². The van der Waals surface area contributed by atoms with Gasteiger partial charge in [0.15, 0.2) is 0 Å². The molecule has 0 aliphatic carbocycles. The molecule has 0 aliphatic heterocycles. The third-order valence-corrected chi connectivity index (χ3v) is 2.67. The molecule has 1 atom stereocenters. The highest BCUT2D eigenvalue weighted by Crippen LogP contribution is 2.16. The quantitative estimate of drug-likeness (QED) is 0.877. The average molecular weight is 256 g/mol. The standard InChI is InChI=1S/C15H16N2O2/c1-11(18)10-17-15(19)13-7-5-12(6-8-13)14-4-2-3-9-16-14/h2-9,11,18H,10H2,1H3,(H,17,19). The maximum atomic E-state index is 11.8. The van der Waals surface area contributed by atoms with Crippen molar-refractivity contribution < 1.29 is 9.90 Å². The molecule has 1 heterocycles. The van der Waals surface area contributed by atoms with Crippen LogP contribution in [0.5, 0.6) is 0 Å². The monoisotopic (exact) mass is 256 g/mol. The second-order valence-corrected chi connectivity index (χ2v) is 4.35. The van der Waals surface area contributed by atoms with Crippen molar-refractivity contribution in [1.29, 1.82) is 0 Å². The van der Waals surface area contributed by atoms with Crippen LogP contribution in [0.1, 0.15) is 17.3 Å². The minimum atomic E-state index is -0.545. The number of hydrogen-bond acceptors (Lipinski definition) is 3. The summed E-state index contributed by atoms with van der Waals surface area (Å²) in [7, 11) is 0. The van der Waals surface area contributed by atoms with E-state index in [0.29, 0.717) is 5.56 Å². The van der Waals surface area contributed by atoms with Crippen molar-refractivity contribution in [1.82, 2.24) is 10.3 Å². The molecule has 1 aromatic carbocycles. The van der Waals surface area contributed by atoms with Crippen molar-refractivity contribution in [2.75, 3.05) is 6.54 Å². The third-order valence-electron chi connectivity index (χ3n) is 2.67. The van der Waals surface area contributed by atoms with E-state index in [9.17, 15) is 4.79 Å². The first kappa shape index (κ1) is 13.2. The first-order valence-electron chi connectivity index (χ1n) is 6.14. The highest BCUT2D eigenvalue weighted by Gasteiger charge is 2.06. The maximum Gasteiger partial charge on any atom is 0.251 e. The molecule has 1 unspecified atom stereocenters. The summed E-state index contributed by atoms with van der Waals surface area (Å²) in [6.45, 7) is 1.88. The van der Waals surface area contributed by atoms with Crippen LogP contribution in [0.2, 0.25) is 0 Å². The summed E-state index contributed by atoms with van der Waals surface area (Å²) in [5.41, 5.74) is 2.41. The molecule has 0 bridgehead atoms. The van der Waals surface area contributed by atoms with Gasteiger partial charge >= 0.3 is 0 Å². The third kappa shape index (κ3) is 3.63. The number of hydrogen-bond donors (Lipinski definition) is 2. The van der Waals surface area contributed by atoms with Crippen LogP contribution < -0.4 is 5.32 Å². The summed E-state index contributed by atoms with van der Waals surface area (Å²) in [5.74, 6) is -0.187. The summed E-state index contributed by atoms with van der Waals surface area (Å²) in [4.78, 5) is 16.0. The number of aromatic nitrogens is 1. The van der Waals surface area contributed by atoms with Gasteiger partial charge < -0.3 is 10.4 Å². The van der Waals surface area contributed by atoms with Gasteiger partial charge in [0.1, 0.15) is 0 Å². The van der Waals surface area contributed by atoms with E-state index in [0.717, 1.165) is 11.3 Å². The molecule has 4 heteroatoms. The van der Waals surface area contributed by atoms with Gasteiger partial charge in [-0.2, -0.15) is 0 Å². The molecule has 0 saturated heterocycles. The highest BCUT2D eigenvalue weighted by atomic mass is 16.3. The van der Waals surface area contributed by atoms with Crippen LogP contribution in [0.4, 0.5) is 0 Å². The Morgan fingerprint density at radius 1 is 1.26 bits per heavy atom. The molecular weight excluding hydrogens is 240 g/mol. The summed E-state index contributed by atoms with van der Waals surface area (Å²) in [6.07, 6.45) is 1.19. The second kappa shape index (κ2) is 6.11. The van der Waals surface area contributed by atoms with Crippen LogP contribution in [0.15, 0.2) is 48.7 Å². The molecule has 4 nitrogen and oxygen atoms in total. The predicted molar refractivity (Wildman–Crippen MR) is 73.7 cm³/mol. The lowest BCUT2D eigenvalue weighted by molar-refractivity contribution is 0.0924. The van der Waals surface area contributed by atoms with Gasteiger partial charge in [0.25, 0.3) is 5.91 Å². The highest BCUT2D eigenvalue weighted by molar-refractivity contribution is 5.94. The predicted octanol–water partition coefficient (Wildman–Crippen LogP) is 1.86. The largest absolute Gasteiger partial charge is 0.392 e. The molecule has 19 heavy (non-hydrogen) atoms. The zero-order chi connectivity index (χ0) is 13.7. The first-order valence-corrected chi connectivity index (χ1v) is 6.14. The topological polar surface area (TPSA) is 62.2 Å². The fourth-order valence-corrected chi connectivity index (χ4v) is 1.67. The molecular formula is C15H16N2O2. The summed E-state index contributed by atoms with van der Waals surface area (Å²) < 4.78 is 0. The van der Waals surface area contributed by atoms with E-state index in [-0.39, 0.29) is 12.5 Å². The van der Waals surface area contributed by atoms with Crippen molar-refractivity contribution in [3.63, 3.8) is 0 Å². The Kier molecular flexibility index (Phi) is 4.26. The first-order chi connectivity index (χ1) is 9.16. The number of rotatable bonds is 4. The van der Waals surface area contributed by atoms with Crippen molar-refractivity contribution >= 4 is 5.91 Å². The minimum absolute atomic E-state index is 0.187. The van der Waals surface area contributed by atoms with Crippen molar-refractivity contribution in [3.05, 3.63) is 54.2 Å². The van der Waals surface area contributed by atoms with E-state index < -0.39 is 6.10 Å². The van der Waals surface area contributed by atoms with E-state index in [1.54, 1.807) is 25.3 Å². The summed E-state index contributed by atoms with van der Waals surface area (Å²) >= 11 is 0. The normalized spacial score (nSPS) is 11.9. The van der Waals surface area contributed by atoms with Crippen molar-refractivity contribution in [2.45, 2.75) is 13.0 Å². The number of benzene rings is 1. The van der Waals surface area contributed by atoms with Gasteiger partial charge in [-0.1, -0.05) is 18.2 Å². The van der Waals surface area contributed by atoms with E-state index in [4.69, 9.17) is 5.11 Å². The van der Waals surface area contributed by atoms with Gasteiger partial charge in [0, 0.05) is 23.9 Å². The molecule has 0 fully saturated rings. The number of nitrogens with one attached hydrogen (secondary N) is 1. The Labute approximate surface area is 112 Å². The lowest BCUT2D eigenvalue weighted by atomic mass is 10.1. The number of aliphatic hydroxyl groups is 1. The number of nitrogens with zero attached hydrogens (tertiary/aromatic N) is 1. The summed E-state index contributed by atoms with van der Waals surface area (Å²) in [6, 6.07) is 12.9. The molecule has 1 aromatic heterocycles. The molecule has 0 spiro atoms. The lowest BCUT2D eigenvalue weighted by Gasteiger charge is -2.07. The van der Waals surface area contributed by atoms with E-state index in [1.807, 2.05) is 30.3 Å². The molecule has 2 N–H and O–H groups in total. The van der Waals surface area contributed by atoms with E-state index in [1.165, 1.54) is 0 Å². The number of aliphatic hydroxyl groups excluding tert-OH is 1. The lowest BCUT2D eigenvalue weighted by Crippen LogP contribution is -2.30. The zero-order valence-corrected chi connectivity index (χ0v) is 10.7. The van der Waals surface area contributed by atoms with Gasteiger partial charge in [-0.25, -0.2) is 0 Å². The molecule has 0 aliphatic rings. The van der Waals surface area contributed by atoms with Gasteiger partial charge in [-0.05, 0) is 31.2 Å². The average Bonchev–Trinajstić information content (AvgIpc) is 2.46. The van der Waals surface area contributed by atoms with Gasteiger partial charge in [-0.15, -0.1) is 0 Å². The molecule has 98 valence electrons.